The van der Waals surface area contributed by atoms with Gasteiger partial charge in [0.15, 0.2) is 0 Å². The Labute approximate surface area is 280 Å². The van der Waals surface area contributed by atoms with Crippen molar-refractivity contribution in [3.8, 4) is 58.1 Å². The van der Waals surface area contributed by atoms with Gasteiger partial charge < -0.3 is 0 Å². The summed E-state index contributed by atoms with van der Waals surface area (Å²) in [6.07, 6.45) is 13.2. The van der Waals surface area contributed by atoms with Crippen molar-refractivity contribution in [1.82, 2.24) is 0 Å². The summed E-state index contributed by atoms with van der Waals surface area (Å²) in [5, 5.41) is 0. The molecule has 0 heteroatoms. The van der Waals surface area contributed by atoms with Crippen LogP contribution >= 0.6 is 0 Å². The fraction of sp³-hybridized carbons (Fsp3) is 0.261. The molecule has 0 heterocycles. The van der Waals surface area contributed by atoms with E-state index in [-0.39, 0.29) is 7.43 Å². The summed E-state index contributed by atoms with van der Waals surface area (Å²) in [5.74, 6) is 6.12. The largest absolute Gasteiger partial charge is 0.119 e. The molecule has 3 aliphatic rings. The molecule has 234 valence electrons. The lowest BCUT2D eigenvalue weighted by atomic mass is 9.78. The van der Waals surface area contributed by atoms with Crippen LogP contribution < -0.4 is 0 Å². The third kappa shape index (κ3) is 5.59. The van der Waals surface area contributed by atoms with Gasteiger partial charge in [0, 0.05) is 0 Å². The van der Waals surface area contributed by atoms with Crippen LogP contribution in [0.5, 0.6) is 0 Å². The lowest BCUT2D eigenvalue weighted by Crippen LogP contribution is -2.19. The van der Waals surface area contributed by atoms with Crippen molar-refractivity contribution in [3.05, 3.63) is 143 Å². The SMILES string of the molecule is C.C#CC1(C)c2ccccc2-c2cc3c(cc21)-c1ccccc1C3(C)C#C.CC.CC.CC.c1ccc2c(c1)Cc1ccccc1-2. The van der Waals surface area contributed by atoms with Crippen molar-refractivity contribution in [2.24, 2.45) is 0 Å². The Kier molecular flexibility index (Phi) is 11.6. The zero-order valence-electron chi connectivity index (χ0n) is 28.3. The first-order valence-electron chi connectivity index (χ1n) is 16.5. The van der Waals surface area contributed by atoms with Crippen molar-refractivity contribution in [3.63, 3.8) is 0 Å². The Morgan fingerprint density at radius 2 is 0.739 bits per heavy atom. The van der Waals surface area contributed by atoms with Crippen LogP contribution in [0.15, 0.2) is 109 Å². The highest BCUT2D eigenvalue weighted by Gasteiger charge is 2.43. The number of hydrogen-bond acceptors (Lipinski definition) is 0. The molecule has 5 aromatic rings. The molecule has 5 aromatic carbocycles. The molecule has 0 fully saturated rings. The van der Waals surface area contributed by atoms with E-state index < -0.39 is 10.8 Å². The molecule has 0 N–H and O–H groups in total. The molecule has 8 rings (SSSR count). The van der Waals surface area contributed by atoms with Crippen LogP contribution in [0.2, 0.25) is 0 Å². The number of hydrogen-bond donors (Lipinski definition) is 0. The second kappa shape index (κ2) is 15.0. The molecule has 0 spiro atoms. The molecule has 3 aliphatic carbocycles. The van der Waals surface area contributed by atoms with Gasteiger partial charge in [0.05, 0.1) is 10.8 Å². The highest BCUT2D eigenvalue weighted by molar-refractivity contribution is 5.91. The van der Waals surface area contributed by atoms with E-state index in [9.17, 15) is 0 Å². The molecule has 0 amide bonds. The van der Waals surface area contributed by atoms with Crippen molar-refractivity contribution < 1.29 is 0 Å². The normalized spacial score (nSPS) is 17.4. The summed E-state index contributed by atoms with van der Waals surface area (Å²) in [5.41, 5.74) is 14.6. The summed E-state index contributed by atoms with van der Waals surface area (Å²) in [6, 6.07) is 38.8. The molecule has 0 aliphatic heterocycles. The van der Waals surface area contributed by atoms with Crippen LogP contribution in [0.4, 0.5) is 0 Å². The van der Waals surface area contributed by atoms with Crippen LogP contribution in [0.3, 0.4) is 0 Å². The zero-order valence-corrected chi connectivity index (χ0v) is 28.3. The van der Waals surface area contributed by atoms with E-state index in [1.54, 1.807) is 0 Å². The van der Waals surface area contributed by atoms with Crippen LogP contribution in [-0.2, 0) is 17.3 Å². The number of rotatable bonds is 0. The Hall–Kier alpha value is -4.78. The fourth-order valence-electron chi connectivity index (χ4n) is 6.86. The second-order valence-corrected chi connectivity index (χ2v) is 11.1. The minimum absolute atomic E-state index is 0. The predicted molar refractivity (Wildman–Crippen MR) is 203 cm³/mol. The monoisotopic (exact) mass is 602 g/mol. The van der Waals surface area contributed by atoms with Crippen molar-refractivity contribution >= 4 is 0 Å². The van der Waals surface area contributed by atoms with Gasteiger partial charge in [-0.1, -0.05) is 158 Å². The minimum atomic E-state index is -0.412. The Bertz CT molecular complexity index is 1750. The van der Waals surface area contributed by atoms with E-state index >= 15 is 0 Å². The van der Waals surface area contributed by atoms with Gasteiger partial charge in [-0.15, -0.1) is 12.8 Å². The summed E-state index contributed by atoms with van der Waals surface area (Å²) < 4.78 is 0. The predicted octanol–water partition coefficient (Wildman–Crippen LogP) is 12.5. The van der Waals surface area contributed by atoms with E-state index in [4.69, 9.17) is 12.8 Å². The summed E-state index contributed by atoms with van der Waals surface area (Å²) in [7, 11) is 0. The van der Waals surface area contributed by atoms with E-state index in [1.807, 2.05) is 41.5 Å². The molecule has 0 radical (unpaired) electrons. The zero-order chi connectivity index (χ0) is 32.8. The molecule has 0 bridgehead atoms. The lowest BCUT2D eigenvalue weighted by Gasteiger charge is -2.23. The van der Waals surface area contributed by atoms with Gasteiger partial charge in [0.1, 0.15) is 0 Å². The minimum Gasteiger partial charge on any atom is -0.119 e. The molecular formula is C46H50. The van der Waals surface area contributed by atoms with Crippen LogP contribution in [0.25, 0.3) is 33.4 Å². The van der Waals surface area contributed by atoms with E-state index in [2.05, 4.69) is 135 Å². The van der Waals surface area contributed by atoms with Crippen molar-refractivity contribution in [2.75, 3.05) is 0 Å². The smallest absolute Gasteiger partial charge is 0.0793 e. The number of terminal acetylenes is 2. The number of fused-ring (bicyclic) bond motifs is 9. The van der Waals surface area contributed by atoms with Gasteiger partial charge in [-0.25, -0.2) is 0 Å². The quantitative estimate of drug-likeness (QED) is 0.152. The van der Waals surface area contributed by atoms with Gasteiger partial charge in [-0.2, -0.15) is 0 Å². The van der Waals surface area contributed by atoms with Gasteiger partial charge in [0.2, 0.25) is 0 Å². The summed E-state index contributed by atoms with van der Waals surface area (Å²) in [6.45, 7) is 16.3. The van der Waals surface area contributed by atoms with Crippen molar-refractivity contribution in [2.45, 2.75) is 80.1 Å². The molecule has 2 atom stereocenters. The first kappa shape index (κ1) is 35.7. The van der Waals surface area contributed by atoms with Gasteiger partial charge >= 0.3 is 0 Å². The van der Waals surface area contributed by atoms with Gasteiger partial charge in [0.25, 0.3) is 0 Å². The highest BCUT2D eigenvalue weighted by atomic mass is 14.4. The third-order valence-corrected chi connectivity index (χ3v) is 9.03. The molecule has 46 heavy (non-hydrogen) atoms. The Morgan fingerprint density at radius 3 is 1.09 bits per heavy atom. The maximum atomic E-state index is 6.03. The van der Waals surface area contributed by atoms with Crippen LogP contribution in [-0.4, -0.2) is 0 Å². The van der Waals surface area contributed by atoms with E-state index in [0.29, 0.717) is 0 Å². The van der Waals surface area contributed by atoms with Gasteiger partial charge in [-0.05, 0) is 99.2 Å². The Morgan fingerprint density at radius 1 is 0.435 bits per heavy atom. The van der Waals surface area contributed by atoms with Crippen LogP contribution in [0, 0.1) is 24.7 Å². The third-order valence-electron chi connectivity index (χ3n) is 9.03. The lowest BCUT2D eigenvalue weighted by molar-refractivity contribution is 0.769. The molecular weight excluding hydrogens is 553 g/mol. The molecule has 0 nitrogen and oxygen atoms in total. The highest BCUT2D eigenvalue weighted by Crippen LogP contribution is 2.55. The average Bonchev–Trinajstić information content (AvgIpc) is 3.72. The maximum absolute atomic E-state index is 6.03. The fourth-order valence-corrected chi connectivity index (χ4v) is 6.86. The summed E-state index contributed by atoms with van der Waals surface area (Å²) >= 11 is 0. The maximum Gasteiger partial charge on any atom is 0.0793 e. The van der Waals surface area contributed by atoms with E-state index in [1.165, 1.54) is 66.8 Å². The molecule has 2 unspecified atom stereocenters. The first-order valence-corrected chi connectivity index (χ1v) is 16.5. The van der Waals surface area contributed by atoms with E-state index in [0.717, 1.165) is 6.42 Å². The molecule has 0 aromatic heterocycles. The number of benzene rings is 5. The van der Waals surface area contributed by atoms with Gasteiger partial charge in [-0.3, -0.25) is 0 Å². The first-order chi connectivity index (χ1) is 22.0. The average molecular weight is 603 g/mol. The summed E-state index contributed by atoms with van der Waals surface area (Å²) in [4.78, 5) is 0. The molecule has 0 saturated heterocycles. The Balaban J connectivity index is 0.000000243. The second-order valence-electron chi connectivity index (χ2n) is 11.1. The topological polar surface area (TPSA) is 0 Å². The molecule has 0 saturated carbocycles. The van der Waals surface area contributed by atoms with Crippen LogP contribution in [0.1, 0.15) is 96.2 Å². The van der Waals surface area contributed by atoms with Crippen molar-refractivity contribution in [1.29, 1.82) is 0 Å². The standard InChI is InChI=1S/C26H18.C13H10.3C2H6.CH4/c1-5-25(3)21-13-9-7-11-17(21)19-16-24-20(15-23(19)25)18-12-8-10-14-22(18)26(24,4)6-2;1-3-7-12-10(5-1)9-11-6-2-4-8-13(11)12;3*1-2;/h1-2,7-16H,3-4H3;1-8H,9H2;3*1-2H3;1H4.